The quantitative estimate of drug-likeness (QED) is 0.0186. The SMILES string of the molecule is CC(C)c1cc(NC2CCCCC2)ncc1-c1sc(C(=O)NCC(C)(C)O)nc1C(=O)N1CCC(F)CC1.CCc1cc(NC2CCCCC2)ncc1-c1sc(C(=O)NCC(C)(C)O)nc1C(=O)N1CCC(F)CC1.Cc1c(-c2sc(C(=O)NCC(C)(C)O)nc2C(=O)N2CCC(F)CC2)cnc(NC2CCCCC2)c1F.Cc1cc(NC2CCCC2)ncc1-c1sc(C(=O)NCC2(O)CCC2)nc1C(=O)N1CCC[C@@H]1C. The maximum atomic E-state index is 15.5. The van der Waals surface area contributed by atoms with Crippen LogP contribution in [0, 0.1) is 19.7 Å². The summed E-state index contributed by atoms with van der Waals surface area (Å²) in [5.74, 6) is -0.662. The number of rotatable bonds is 30. The number of pyridine rings is 4. The Labute approximate surface area is 875 Å². The Morgan fingerprint density at radius 3 is 1.13 bits per heavy atom. The van der Waals surface area contributed by atoms with Crippen LogP contribution >= 0.6 is 45.3 Å². The molecular weight excluding hydrogens is 1960 g/mol. The van der Waals surface area contributed by atoms with Gasteiger partial charge in [-0.15, -0.1) is 45.3 Å². The van der Waals surface area contributed by atoms with Gasteiger partial charge in [0.05, 0.1) is 41.9 Å². The first-order valence-corrected chi connectivity index (χ1v) is 56.1. The number of hydrogen-bond donors (Lipinski definition) is 12. The van der Waals surface area contributed by atoms with Gasteiger partial charge in [0, 0.05) is 149 Å². The van der Waals surface area contributed by atoms with Crippen LogP contribution in [0.3, 0.4) is 0 Å². The van der Waals surface area contributed by atoms with Crippen LogP contribution in [-0.4, -0.2) is 270 Å². The number of halogens is 4. The third-order valence-electron chi connectivity index (χ3n) is 28.8. The number of alkyl halides is 3. The summed E-state index contributed by atoms with van der Waals surface area (Å²) in [6, 6.07) is 7.71. The molecule has 147 heavy (non-hydrogen) atoms. The lowest BCUT2D eigenvalue weighted by molar-refractivity contribution is -0.0300. The molecule has 9 aliphatic rings. The molecule has 8 aromatic rings. The van der Waals surface area contributed by atoms with Gasteiger partial charge in [-0.3, -0.25) is 38.4 Å². The molecule has 5 saturated carbocycles. The van der Waals surface area contributed by atoms with Crippen LogP contribution in [0.1, 0.15) is 371 Å². The van der Waals surface area contributed by atoms with Gasteiger partial charge in [-0.2, -0.15) is 0 Å². The van der Waals surface area contributed by atoms with Crippen molar-refractivity contribution in [1.29, 1.82) is 0 Å². The Kier molecular flexibility index (Phi) is 38.6. The van der Waals surface area contributed by atoms with Crippen LogP contribution in [0.4, 0.5) is 40.8 Å². The number of carbonyl (C=O) groups excluding carboxylic acids is 8. The summed E-state index contributed by atoms with van der Waals surface area (Å²) in [6.45, 7) is 24.2. The van der Waals surface area contributed by atoms with Crippen LogP contribution in [0.25, 0.3) is 41.8 Å². The topological polar surface area (TPSA) is 430 Å². The van der Waals surface area contributed by atoms with Crippen molar-refractivity contribution in [2.24, 2.45) is 0 Å². The second kappa shape index (κ2) is 50.5. The third-order valence-corrected chi connectivity index (χ3v) is 33.2. The maximum absolute atomic E-state index is 15.5. The fourth-order valence-corrected chi connectivity index (χ4v) is 24.0. The molecule has 5 aliphatic carbocycles. The molecular formula is C107H148F4N20O12S4. The van der Waals surface area contributed by atoms with E-state index >= 15 is 4.39 Å². The monoisotopic (exact) mass is 2110 g/mol. The Balaban J connectivity index is 0.000000155. The van der Waals surface area contributed by atoms with Crippen molar-refractivity contribution >= 4 is 116 Å². The number of aliphatic hydroxyl groups is 4. The van der Waals surface area contributed by atoms with Gasteiger partial charge in [-0.05, 0) is 237 Å². The smallest absolute Gasteiger partial charge is 0.280 e. The molecule has 17 rings (SSSR count). The minimum Gasteiger partial charge on any atom is -0.389 e. The van der Waals surface area contributed by atoms with E-state index in [4.69, 9.17) is 4.98 Å². The number of carbonyl (C=O) groups is 8. The number of aryl methyl sites for hydroxylation is 2. The number of likely N-dealkylation sites (tertiary alicyclic amines) is 4. The van der Waals surface area contributed by atoms with E-state index in [1.54, 1.807) is 76.9 Å². The number of nitrogens with one attached hydrogen (secondary N) is 8. The lowest BCUT2D eigenvalue weighted by Gasteiger charge is -2.36. The predicted molar refractivity (Wildman–Crippen MR) is 569 cm³/mol. The van der Waals surface area contributed by atoms with Crippen LogP contribution in [0.2, 0.25) is 0 Å². The molecule has 9 fully saturated rings. The van der Waals surface area contributed by atoms with E-state index in [1.807, 2.05) is 30.0 Å². The van der Waals surface area contributed by atoms with E-state index in [2.05, 4.69) is 105 Å². The van der Waals surface area contributed by atoms with E-state index in [0.717, 1.165) is 175 Å². The number of aromatic nitrogens is 8. The first-order valence-electron chi connectivity index (χ1n) is 52.9. The fraction of sp³-hybridized carbons (Fsp3) is 0.626. The molecule has 4 saturated heterocycles. The second-order valence-corrected chi connectivity index (χ2v) is 47.2. The van der Waals surface area contributed by atoms with Crippen molar-refractivity contribution in [1.82, 2.24) is 80.7 Å². The molecule has 12 N–H and O–H groups in total. The Hall–Kier alpha value is -10.4. The van der Waals surface area contributed by atoms with Crippen molar-refractivity contribution < 1.29 is 76.3 Å². The molecule has 4 aliphatic heterocycles. The summed E-state index contributed by atoms with van der Waals surface area (Å²) in [5.41, 5.74) is 2.70. The lowest BCUT2D eigenvalue weighted by atomic mass is 9.80. The molecule has 0 unspecified atom stereocenters. The van der Waals surface area contributed by atoms with Crippen molar-refractivity contribution in [2.45, 2.75) is 359 Å². The van der Waals surface area contributed by atoms with Gasteiger partial charge >= 0.3 is 0 Å². The summed E-state index contributed by atoms with van der Waals surface area (Å²) >= 11 is 4.50. The minimum absolute atomic E-state index is 0.00914. The molecule has 8 amide bonds. The van der Waals surface area contributed by atoms with E-state index in [1.165, 1.54) is 80.2 Å². The van der Waals surface area contributed by atoms with Gasteiger partial charge in [-0.1, -0.05) is 91.4 Å². The largest absolute Gasteiger partial charge is 0.389 e. The molecule has 0 spiro atoms. The summed E-state index contributed by atoms with van der Waals surface area (Å²) in [5, 5.41) is 65.7. The van der Waals surface area contributed by atoms with Gasteiger partial charge in [0.2, 0.25) is 0 Å². The molecule has 8 aromatic heterocycles. The minimum atomic E-state index is -1.13. The first kappa shape index (κ1) is 112. The standard InChI is InChI=1S/C28H40FN5O3S.C27H38FN5O3S.C26H35F2N5O3S.C26H35N5O3S/c1-17(2)20-14-22(32-19-8-6-5-7-9-19)30-15-21(20)24-23(27(36)34-12-10-18(29)11-13-34)33-26(38-24)25(35)31-16-28(3,4)37;1-4-17-14-21(31-19-8-6-5-7-9-19)29-15-20(17)23-22(26(35)33-12-10-18(28)11-13-33)32-25(37-23)24(34)30-16-27(2,3)36;1-15-18(13-29-22(19(15)28)31-17-7-5-4-6-8-17)21-20(25(35)33-11-9-16(27)10-12-33)32-24(37-21)23(34)30-14-26(2,3)36;1-16-13-20(29-18-8-3-4-9-18)27-14-19(16)22-21(25(33)31-12-5-7-17(31)2)30-24(35-22)23(32)28-15-26(34)10-6-11-26/h14-15,17-19,37H,5-13,16H2,1-4H3,(H,30,32)(H,31,35);14-15,18-19,36H,4-13,16H2,1-3H3,(H,29,31)(H,30,34);13,16-17,36H,4-12,14H2,1-3H3,(H,29,31)(H,30,34);13-14,17-18,34H,3-12,15H2,1-2H3,(H,27,29)(H,28,32)/t;;;17-/m...0/s1. The van der Waals surface area contributed by atoms with Gasteiger partial charge in [-0.25, -0.2) is 57.4 Å². The maximum Gasteiger partial charge on any atom is 0.280 e. The molecule has 0 radical (unpaired) electrons. The van der Waals surface area contributed by atoms with Crippen molar-refractivity contribution in [3.8, 4) is 41.8 Å². The number of nitrogens with zero attached hydrogens (tertiary/aromatic N) is 12. The van der Waals surface area contributed by atoms with E-state index in [0.29, 0.717) is 126 Å². The highest BCUT2D eigenvalue weighted by Crippen LogP contribution is 2.44. The van der Waals surface area contributed by atoms with Gasteiger partial charge in [0.25, 0.3) is 47.3 Å². The zero-order valence-electron chi connectivity index (χ0n) is 87.0. The fourth-order valence-electron chi connectivity index (χ4n) is 19.9. The van der Waals surface area contributed by atoms with Crippen LogP contribution < -0.4 is 42.5 Å². The number of amides is 8. The molecule has 0 bridgehead atoms. The van der Waals surface area contributed by atoms with Crippen molar-refractivity contribution in [3.05, 3.63) is 114 Å². The summed E-state index contributed by atoms with van der Waals surface area (Å²) < 4.78 is 56.6. The molecule has 0 aromatic carbocycles. The molecule has 800 valence electrons. The van der Waals surface area contributed by atoms with Gasteiger partial charge < -0.3 is 82.6 Å². The van der Waals surface area contributed by atoms with E-state index in [-0.39, 0.29) is 137 Å². The third kappa shape index (κ3) is 30.3. The van der Waals surface area contributed by atoms with Crippen LogP contribution in [0.15, 0.2) is 43.0 Å². The number of anilines is 4. The van der Waals surface area contributed by atoms with E-state index < -0.39 is 70.4 Å². The lowest BCUT2D eigenvalue weighted by Crippen LogP contribution is -2.47. The first-order chi connectivity index (χ1) is 70.0. The number of hydrogen-bond acceptors (Lipinski definition) is 28. The van der Waals surface area contributed by atoms with Gasteiger partial charge in [0.15, 0.2) is 31.7 Å². The highest BCUT2D eigenvalue weighted by atomic mass is 32.1. The predicted octanol–water partition coefficient (Wildman–Crippen LogP) is 18.3. The normalized spacial score (nSPS) is 18.6. The average molecular weight is 2110 g/mol. The zero-order chi connectivity index (χ0) is 105. The van der Waals surface area contributed by atoms with Crippen molar-refractivity contribution in [2.75, 3.05) is 93.3 Å². The molecule has 40 heteroatoms. The summed E-state index contributed by atoms with van der Waals surface area (Å²) in [4.78, 5) is 151. The molecule has 32 nitrogen and oxygen atoms in total. The molecule has 1 atom stereocenters. The number of thiazole rings is 4. The molecule has 12 heterocycles. The summed E-state index contributed by atoms with van der Waals surface area (Å²) in [6.07, 6.45) is 32.9. The number of piperidine rings is 3. The van der Waals surface area contributed by atoms with Gasteiger partial charge in [0.1, 0.15) is 58.7 Å². The highest BCUT2D eigenvalue weighted by Gasteiger charge is 2.41. The van der Waals surface area contributed by atoms with Crippen molar-refractivity contribution in [3.63, 3.8) is 0 Å². The zero-order valence-corrected chi connectivity index (χ0v) is 90.3. The van der Waals surface area contributed by atoms with E-state index in [9.17, 15) is 72.0 Å². The Morgan fingerprint density at radius 2 is 0.762 bits per heavy atom. The van der Waals surface area contributed by atoms with Crippen LogP contribution in [0.5, 0.6) is 0 Å². The summed E-state index contributed by atoms with van der Waals surface area (Å²) in [7, 11) is 0. The van der Waals surface area contributed by atoms with Crippen LogP contribution in [-0.2, 0) is 6.42 Å². The average Bonchev–Trinajstić information content (AvgIpc) is 1.64. The highest BCUT2D eigenvalue weighted by molar-refractivity contribution is 7.18. The Morgan fingerprint density at radius 1 is 0.422 bits per heavy atom. The second-order valence-electron chi connectivity index (χ2n) is 43.2. The Bertz CT molecular complexity index is 5880.